The number of carbonyl (C=O) groups excluding carboxylic acids is 1. The predicted octanol–water partition coefficient (Wildman–Crippen LogP) is 3.08. The Bertz CT molecular complexity index is 754. The number of carbonyl (C=O) groups is 1. The molecule has 0 saturated carbocycles. The van der Waals surface area contributed by atoms with Crippen LogP contribution in [0.25, 0.3) is 0 Å². The van der Waals surface area contributed by atoms with Crippen molar-refractivity contribution in [1.82, 2.24) is 4.90 Å². The molecule has 2 aliphatic heterocycles. The standard InChI is InChI=1S/C18H19N3O2/c22-17-13-5-1-2-6-14(13)19-15-8-7-12(11-16(15)20-17)18(23)21-9-3-4-10-21/h1-2,5-8,11,18-19,23H,3-4,9-10H2,(H,20,22). The van der Waals surface area contributed by atoms with Crippen molar-refractivity contribution in [2.45, 2.75) is 19.1 Å². The van der Waals surface area contributed by atoms with Gasteiger partial charge in [0.2, 0.25) is 0 Å². The van der Waals surface area contributed by atoms with Gasteiger partial charge in [-0.2, -0.15) is 0 Å². The fourth-order valence-corrected chi connectivity index (χ4v) is 3.26. The van der Waals surface area contributed by atoms with Gasteiger partial charge >= 0.3 is 0 Å². The molecule has 1 saturated heterocycles. The summed E-state index contributed by atoms with van der Waals surface area (Å²) in [5.41, 5.74) is 3.74. The van der Waals surface area contributed by atoms with Crippen LogP contribution in [0.1, 0.15) is 35.0 Å². The first-order valence-electron chi connectivity index (χ1n) is 7.96. The highest BCUT2D eigenvalue weighted by atomic mass is 16.3. The molecule has 0 aliphatic carbocycles. The topological polar surface area (TPSA) is 64.6 Å². The molecule has 4 rings (SSSR count). The van der Waals surface area contributed by atoms with Crippen LogP contribution in [0.4, 0.5) is 17.1 Å². The van der Waals surface area contributed by atoms with Gasteiger partial charge in [-0.05, 0) is 42.7 Å². The maximum absolute atomic E-state index is 12.4. The summed E-state index contributed by atoms with van der Waals surface area (Å²) in [4.78, 5) is 14.4. The van der Waals surface area contributed by atoms with Crippen LogP contribution in [-0.2, 0) is 0 Å². The van der Waals surface area contributed by atoms with Crippen molar-refractivity contribution >= 4 is 23.0 Å². The van der Waals surface area contributed by atoms with Crippen LogP contribution in [0.5, 0.6) is 0 Å². The van der Waals surface area contributed by atoms with Gasteiger partial charge in [0.1, 0.15) is 6.23 Å². The molecule has 3 N–H and O–H groups in total. The summed E-state index contributed by atoms with van der Waals surface area (Å²) in [6, 6.07) is 13.1. The lowest BCUT2D eigenvalue weighted by Gasteiger charge is -2.23. The summed E-state index contributed by atoms with van der Waals surface area (Å²) in [5.74, 6) is -0.139. The van der Waals surface area contributed by atoms with Gasteiger partial charge in [0.25, 0.3) is 5.91 Å². The maximum Gasteiger partial charge on any atom is 0.257 e. The summed E-state index contributed by atoms with van der Waals surface area (Å²) in [5, 5.41) is 16.7. The number of hydrogen-bond donors (Lipinski definition) is 3. The summed E-state index contributed by atoms with van der Waals surface area (Å²) in [6.45, 7) is 1.82. The number of aliphatic hydroxyl groups is 1. The van der Waals surface area contributed by atoms with Crippen LogP contribution in [0, 0.1) is 0 Å². The Kier molecular flexibility index (Phi) is 3.52. The molecule has 0 spiro atoms. The average molecular weight is 309 g/mol. The highest BCUT2D eigenvalue weighted by Crippen LogP contribution is 2.34. The molecule has 2 aliphatic rings. The number of para-hydroxylation sites is 1. The van der Waals surface area contributed by atoms with Crippen molar-refractivity contribution < 1.29 is 9.90 Å². The molecule has 2 heterocycles. The zero-order valence-corrected chi connectivity index (χ0v) is 12.7. The van der Waals surface area contributed by atoms with Gasteiger partial charge in [-0.3, -0.25) is 9.69 Å². The second-order valence-corrected chi connectivity index (χ2v) is 6.05. The second kappa shape index (κ2) is 5.68. The third-order valence-electron chi connectivity index (χ3n) is 4.52. The highest BCUT2D eigenvalue weighted by Gasteiger charge is 2.23. The first-order valence-corrected chi connectivity index (χ1v) is 7.96. The lowest BCUT2D eigenvalue weighted by Crippen LogP contribution is -2.25. The lowest BCUT2D eigenvalue weighted by atomic mass is 10.1. The van der Waals surface area contributed by atoms with E-state index in [1.807, 2.05) is 36.4 Å². The molecule has 0 aromatic heterocycles. The Balaban J connectivity index is 1.68. The Morgan fingerprint density at radius 3 is 2.57 bits per heavy atom. The van der Waals surface area contributed by atoms with Crippen LogP contribution < -0.4 is 10.6 Å². The number of anilines is 3. The quantitative estimate of drug-likeness (QED) is 0.797. The number of amides is 1. The normalized spacial score (nSPS) is 18.4. The van der Waals surface area contributed by atoms with Crippen LogP contribution in [0.2, 0.25) is 0 Å². The minimum Gasteiger partial charge on any atom is -0.374 e. The van der Waals surface area contributed by atoms with Crippen molar-refractivity contribution in [1.29, 1.82) is 0 Å². The predicted molar refractivity (Wildman–Crippen MR) is 89.9 cm³/mol. The van der Waals surface area contributed by atoms with Crippen LogP contribution >= 0.6 is 0 Å². The fraction of sp³-hybridized carbons (Fsp3) is 0.278. The zero-order chi connectivity index (χ0) is 15.8. The molecule has 1 unspecified atom stereocenters. The third-order valence-corrected chi connectivity index (χ3v) is 4.52. The van der Waals surface area contributed by atoms with E-state index < -0.39 is 6.23 Å². The van der Waals surface area contributed by atoms with Crippen LogP contribution in [0.15, 0.2) is 42.5 Å². The first kappa shape index (κ1) is 14.2. The number of rotatable bonds is 2. The van der Waals surface area contributed by atoms with Crippen molar-refractivity contribution in [2.75, 3.05) is 23.7 Å². The van der Waals surface area contributed by atoms with Gasteiger partial charge in [-0.15, -0.1) is 0 Å². The number of benzene rings is 2. The Morgan fingerprint density at radius 1 is 0.957 bits per heavy atom. The third kappa shape index (κ3) is 2.58. The van der Waals surface area contributed by atoms with E-state index in [1.165, 1.54) is 0 Å². The number of aliphatic hydroxyl groups excluding tert-OH is 1. The highest BCUT2D eigenvalue weighted by molar-refractivity contribution is 6.12. The van der Waals surface area contributed by atoms with Crippen LogP contribution in [0.3, 0.4) is 0 Å². The van der Waals surface area contributed by atoms with E-state index >= 15 is 0 Å². The molecule has 23 heavy (non-hydrogen) atoms. The minimum atomic E-state index is -0.620. The van der Waals surface area contributed by atoms with Crippen molar-refractivity contribution in [3.8, 4) is 0 Å². The number of hydrogen-bond acceptors (Lipinski definition) is 4. The molecule has 0 radical (unpaired) electrons. The summed E-state index contributed by atoms with van der Waals surface area (Å²) in [7, 11) is 0. The molecule has 118 valence electrons. The zero-order valence-electron chi connectivity index (χ0n) is 12.7. The van der Waals surface area contributed by atoms with E-state index in [-0.39, 0.29) is 5.91 Å². The molecule has 2 aromatic rings. The van der Waals surface area contributed by atoms with E-state index in [1.54, 1.807) is 6.07 Å². The first-order chi connectivity index (χ1) is 11.2. The summed E-state index contributed by atoms with van der Waals surface area (Å²) in [6.07, 6.45) is 1.62. The molecule has 1 atom stereocenters. The number of fused-ring (bicyclic) bond motifs is 2. The second-order valence-electron chi connectivity index (χ2n) is 6.05. The lowest BCUT2D eigenvalue weighted by molar-refractivity contribution is 0.0191. The Hall–Kier alpha value is -2.37. The molecular weight excluding hydrogens is 290 g/mol. The Morgan fingerprint density at radius 2 is 1.74 bits per heavy atom. The van der Waals surface area contributed by atoms with Gasteiger partial charge < -0.3 is 15.7 Å². The maximum atomic E-state index is 12.4. The summed E-state index contributed by atoms with van der Waals surface area (Å²) >= 11 is 0. The molecule has 5 heteroatoms. The van der Waals surface area contributed by atoms with Gasteiger partial charge in [-0.1, -0.05) is 18.2 Å². The minimum absolute atomic E-state index is 0.139. The van der Waals surface area contributed by atoms with E-state index in [0.29, 0.717) is 11.3 Å². The number of likely N-dealkylation sites (tertiary alicyclic amines) is 1. The van der Waals surface area contributed by atoms with E-state index in [4.69, 9.17) is 0 Å². The molecule has 1 fully saturated rings. The van der Waals surface area contributed by atoms with Crippen molar-refractivity contribution in [3.05, 3.63) is 53.6 Å². The van der Waals surface area contributed by atoms with Crippen molar-refractivity contribution in [2.24, 2.45) is 0 Å². The smallest absolute Gasteiger partial charge is 0.257 e. The SMILES string of the molecule is O=C1Nc2cc(C(O)N3CCCC3)ccc2Nc2ccccc21. The molecule has 0 bridgehead atoms. The monoisotopic (exact) mass is 309 g/mol. The van der Waals surface area contributed by atoms with E-state index in [0.717, 1.165) is 42.9 Å². The molecule has 2 aromatic carbocycles. The van der Waals surface area contributed by atoms with Gasteiger partial charge in [0.15, 0.2) is 0 Å². The largest absolute Gasteiger partial charge is 0.374 e. The van der Waals surface area contributed by atoms with E-state index in [9.17, 15) is 9.90 Å². The van der Waals surface area contributed by atoms with Gasteiger partial charge in [0.05, 0.1) is 22.6 Å². The molecule has 5 nitrogen and oxygen atoms in total. The Labute approximate surface area is 134 Å². The molecular formula is C18H19N3O2. The molecule has 1 amide bonds. The average Bonchev–Trinajstić information content (AvgIpc) is 3.06. The fourth-order valence-electron chi connectivity index (χ4n) is 3.26. The van der Waals surface area contributed by atoms with Gasteiger partial charge in [0, 0.05) is 13.1 Å². The summed E-state index contributed by atoms with van der Waals surface area (Å²) < 4.78 is 0. The van der Waals surface area contributed by atoms with Gasteiger partial charge in [-0.25, -0.2) is 0 Å². The van der Waals surface area contributed by atoms with Crippen LogP contribution in [-0.4, -0.2) is 29.0 Å². The van der Waals surface area contributed by atoms with Crippen molar-refractivity contribution in [3.63, 3.8) is 0 Å². The number of nitrogens with zero attached hydrogens (tertiary/aromatic N) is 1. The van der Waals surface area contributed by atoms with E-state index in [2.05, 4.69) is 15.5 Å². The number of nitrogens with one attached hydrogen (secondary N) is 2.